The number of unbranched alkanes of at least 4 members (excludes halogenated alkanes) is 3. The molecule has 6 atom stereocenters. The molecule has 334 valence electrons. The third-order valence-corrected chi connectivity index (χ3v) is 12.4. The van der Waals surface area contributed by atoms with Crippen LogP contribution in [0.15, 0.2) is 11.3 Å². The van der Waals surface area contributed by atoms with E-state index in [0.717, 1.165) is 36.8 Å². The predicted octanol–water partition coefficient (Wildman–Crippen LogP) is -2.38. The molecule has 24 heteroatoms. The van der Waals surface area contributed by atoms with Crippen molar-refractivity contribution < 1.29 is 43.0 Å². The lowest BCUT2D eigenvalue weighted by Gasteiger charge is -2.22. The van der Waals surface area contributed by atoms with Crippen LogP contribution in [0, 0.1) is 0 Å². The Morgan fingerprint density at radius 3 is 2.53 bits per heavy atom. The molecule has 4 rings (SSSR count). The maximum atomic E-state index is 13.3. The first-order valence-corrected chi connectivity index (χ1v) is 22.3. The Morgan fingerprint density at radius 1 is 0.967 bits per heavy atom. The Kier molecular flexibility index (Phi) is 20.0. The van der Waals surface area contributed by atoms with Gasteiger partial charge < -0.3 is 68.9 Å². The lowest BCUT2D eigenvalue weighted by atomic mass is 10.0. The first-order chi connectivity index (χ1) is 28.8. The summed E-state index contributed by atoms with van der Waals surface area (Å²) >= 11 is 2.89. The fourth-order valence-corrected chi connectivity index (χ4v) is 9.18. The van der Waals surface area contributed by atoms with Crippen LogP contribution in [0.2, 0.25) is 0 Å². The molecule has 14 N–H and O–H groups in total. The van der Waals surface area contributed by atoms with E-state index in [-0.39, 0.29) is 98.3 Å². The first-order valence-electron chi connectivity index (χ1n) is 20.1. The number of guanidine groups is 1. The average molecular weight is 882 g/mol. The second-order valence-electron chi connectivity index (χ2n) is 14.6. The molecule has 0 radical (unpaired) electrons. The molecule has 2 saturated heterocycles. The minimum Gasteiger partial charge on any atom is -0.463 e. The molecule has 7 amide bonds. The van der Waals surface area contributed by atoms with Crippen LogP contribution in [0.5, 0.6) is 0 Å². The van der Waals surface area contributed by atoms with Crippen LogP contribution in [-0.4, -0.2) is 136 Å². The van der Waals surface area contributed by atoms with Gasteiger partial charge in [0, 0.05) is 49.1 Å². The topological polar surface area (TPSA) is 344 Å². The molecule has 0 aromatic carbocycles. The number of urea groups is 1. The number of nitrogens with two attached hydrogens (primary N) is 4. The number of hydrogen-bond donors (Lipinski definition) is 10. The van der Waals surface area contributed by atoms with E-state index in [2.05, 4.69) is 41.9 Å². The largest absolute Gasteiger partial charge is 0.463 e. The van der Waals surface area contributed by atoms with E-state index in [4.69, 9.17) is 32.4 Å². The van der Waals surface area contributed by atoms with Gasteiger partial charge in [-0.05, 0) is 38.5 Å². The van der Waals surface area contributed by atoms with E-state index in [9.17, 15) is 33.6 Å². The highest BCUT2D eigenvalue weighted by molar-refractivity contribution is 8.00. The van der Waals surface area contributed by atoms with Gasteiger partial charge in [-0.3, -0.25) is 33.8 Å². The van der Waals surface area contributed by atoms with Crippen molar-refractivity contribution in [3.63, 3.8) is 0 Å². The second kappa shape index (κ2) is 25.1. The van der Waals surface area contributed by atoms with Gasteiger partial charge in [0.2, 0.25) is 23.6 Å². The number of amides is 7. The molecule has 0 saturated carbocycles. The number of ether oxygens (including phenoxy) is 2. The van der Waals surface area contributed by atoms with E-state index in [1.54, 1.807) is 4.57 Å². The lowest BCUT2D eigenvalue weighted by Crippen LogP contribution is -2.53. The second-order valence-corrected chi connectivity index (χ2v) is 16.9. The predicted molar refractivity (Wildman–Crippen MR) is 224 cm³/mol. The van der Waals surface area contributed by atoms with Gasteiger partial charge in [0.25, 0.3) is 5.91 Å². The maximum Gasteiger partial charge on any atom is 0.315 e. The molecule has 0 bridgehead atoms. The summed E-state index contributed by atoms with van der Waals surface area (Å²) < 4.78 is 12.4. The van der Waals surface area contributed by atoms with Gasteiger partial charge in [-0.2, -0.15) is 11.8 Å². The number of thioether (sulfide) groups is 2. The van der Waals surface area contributed by atoms with Gasteiger partial charge in [0.1, 0.15) is 31.1 Å². The van der Waals surface area contributed by atoms with E-state index in [0.29, 0.717) is 56.0 Å². The van der Waals surface area contributed by atoms with Crippen molar-refractivity contribution in [1.82, 2.24) is 41.5 Å². The SMILES string of the molecule is NC(=O)[C@H](CSCC(=O)OCCOCn1cnc2c1CC(N)NC2=O)NC(=O)C(CCCN=C(N)N)NC(=O)CCCCCNC(=O)CCCC[C@@H]1SC[C@@H]2NC(=O)N[C@@H]21. The van der Waals surface area contributed by atoms with Crippen molar-refractivity contribution in [1.29, 1.82) is 0 Å². The number of carbonyl (C=O) groups excluding carboxylic acids is 7. The standard InChI is InChI=1S/C36H59N13O9S2/c37-26-15-24-31(34(55)47-26)43-19-49(24)20-57-13-14-58-29(52)18-59-16-23(32(38)53)45-33(54)21(7-6-12-42-35(39)40)44-28(51)10-2-1-5-11-41-27(50)9-4-3-8-25-30-22(17-60-25)46-36(56)48-30/h19,21-23,25-26,30H,1-18,20,37H2,(H2,38,53)(H,41,50)(H,44,51)(H,45,54)(H,47,55)(H4,39,40,42)(H2,46,48,56)/t21?,22-,23-,25-,26?,30-/m0/s1. The minimum atomic E-state index is -1.14. The van der Waals surface area contributed by atoms with E-state index in [1.165, 1.54) is 6.33 Å². The van der Waals surface area contributed by atoms with Crippen molar-refractivity contribution in [3.05, 3.63) is 17.7 Å². The van der Waals surface area contributed by atoms with Crippen LogP contribution in [0.3, 0.4) is 0 Å². The van der Waals surface area contributed by atoms with Gasteiger partial charge in [-0.1, -0.05) is 12.8 Å². The number of aliphatic imine (C=N–C) groups is 1. The maximum absolute atomic E-state index is 13.3. The smallest absolute Gasteiger partial charge is 0.315 e. The Morgan fingerprint density at radius 2 is 1.75 bits per heavy atom. The van der Waals surface area contributed by atoms with E-state index >= 15 is 0 Å². The zero-order valence-electron chi connectivity index (χ0n) is 33.6. The molecule has 22 nitrogen and oxygen atoms in total. The first kappa shape index (κ1) is 47.9. The minimum absolute atomic E-state index is 0.0180. The molecular formula is C36H59N13O9S2. The summed E-state index contributed by atoms with van der Waals surface area (Å²) in [7, 11) is 0. The monoisotopic (exact) mass is 881 g/mol. The van der Waals surface area contributed by atoms with Crippen molar-refractivity contribution in [3.8, 4) is 0 Å². The number of nitrogens with zero attached hydrogens (tertiary/aromatic N) is 3. The van der Waals surface area contributed by atoms with E-state index in [1.807, 2.05) is 11.8 Å². The molecule has 3 aliphatic rings. The average Bonchev–Trinajstić information content (AvgIpc) is 3.89. The van der Waals surface area contributed by atoms with Crippen LogP contribution >= 0.6 is 23.5 Å². The zero-order valence-corrected chi connectivity index (χ0v) is 35.3. The third-order valence-electron chi connectivity index (χ3n) is 9.86. The summed E-state index contributed by atoms with van der Waals surface area (Å²) in [6.45, 7) is 0.807. The number of imidazole rings is 1. The molecule has 60 heavy (non-hydrogen) atoms. The van der Waals surface area contributed by atoms with Gasteiger partial charge in [-0.25, -0.2) is 9.78 Å². The van der Waals surface area contributed by atoms with E-state index < -0.39 is 36.0 Å². The number of rotatable bonds is 28. The van der Waals surface area contributed by atoms with Crippen LogP contribution in [-0.2, 0) is 46.6 Å². The number of esters is 1. The van der Waals surface area contributed by atoms with Crippen molar-refractivity contribution in [2.45, 2.75) is 113 Å². The number of hydrogen-bond acceptors (Lipinski definition) is 14. The molecule has 0 aliphatic carbocycles. The molecule has 1 aromatic heterocycles. The molecule has 2 fully saturated rings. The van der Waals surface area contributed by atoms with Crippen LogP contribution in [0.1, 0.15) is 80.4 Å². The molecular weight excluding hydrogens is 823 g/mol. The van der Waals surface area contributed by atoms with Crippen LogP contribution < -0.4 is 54.8 Å². The van der Waals surface area contributed by atoms with Crippen LogP contribution in [0.4, 0.5) is 4.79 Å². The van der Waals surface area contributed by atoms with Gasteiger partial charge in [0.15, 0.2) is 5.96 Å². The quantitative estimate of drug-likeness (QED) is 0.0138. The number of aromatic nitrogens is 2. The van der Waals surface area contributed by atoms with Crippen molar-refractivity contribution in [2.24, 2.45) is 27.9 Å². The number of primary amides is 1. The Balaban J connectivity index is 1.08. The molecule has 3 aliphatic heterocycles. The summed E-state index contributed by atoms with van der Waals surface area (Å²) in [5.74, 6) is -2.13. The van der Waals surface area contributed by atoms with Crippen LogP contribution in [0.25, 0.3) is 0 Å². The van der Waals surface area contributed by atoms with Gasteiger partial charge in [0.05, 0.1) is 42.6 Å². The highest BCUT2D eigenvalue weighted by Crippen LogP contribution is 2.33. The Labute approximate surface area is 356 Å². The summed E-state index contributed by atoms with van der Waals surface area (Å²) in [6, 6.07) is -1.90. The highest BCUT2D eigenvalue weighted by atomic mass is 32.2. The fraction of sp³-hybridized carbons (Fsp3) is 0.694. The Hall–Kier alpha value is -4.81. The fourth-order valence-electron chi connectivity index (χ4n) is 6.78. The van der Waals surface area contributed by atoms with Crippen molar-refractivity contribution in [2.75, 3.05) is 43.6 Å². The molecule has 0 spiro atoms. The molecule has 1 aromatic rings. The normalized spacial score (nSPS) is 20.0. The lowest BCUT2D eigenvalue weighted by molar-refractivity contribution is -0.142. The summed E-state index contributed by atoms with van der Waals surface area (Å²) in [6.07, 6.45) is 6.96. The van der Waals surface area contributed by atoms with Gasteiger partial charge >= 0.3 is 12.0 Å². The van der Waals surface area contributed by atoms with Gasteiger partial charge in [-0.15, -0.1) is 11.8 Å². The highest BCUT2D eigenvalue weighted by Gasteiger charge is 2.42. The summed E-state index contributed by atoms with van der Waals surface area (Å²) in [5, 5.41) is 17.1. The molecule has 4 heterocycles. The number of carbonyl (C=O) groups is 7. The Bertz CT molecular complexity index is 1680. The summed E-state index contributed by atoms with van der Waals surface area (Å²) in [4.78, 5) is 94.5. The van der Waals surface area contributed by atoms with Crippen molar-refractivity contribution >= 4 is 71.0 Å². The number of fused-ring (bicyclic) bond motifs is 2. The summed E-state index contributed by atoms with van der Waals surface area (Å²) in [5.41, 5.74) is 23.2. The third kappa shape index (κ3) is 16.3. The zero-order chi connectivity index (χ0) is 43.4. The number of nitrogens with one attached hydrogen (secondary N) is 6. The molecule has 2 unspecified atom stereocenters.